The molecule has 3 heterocycles. The van der Waals surface area contributed by atoms with E-state index in [1.54, 1.807) is 0 Å². The number of hydrogen-bond donors (Lipinski definition) is 1. The quantitative estimate of drug-likeness (QED) is 0.605. The molecule has 4 rings (SSSR count). The molecule has 1 aliphatic heterocycles. The van der Waals surface area contributed by atoms with Gasteiger partial charge in [0.05, 0.1) is 11.8 Å². The molecule has 1 aromatic carbocycles. The number of ether oxygens (including phenoxy) is 1. The zero-order valence-electron chi connectivity index (χ0n) is 19.2. The summed E-state index contributed by atoms with van der Waals surface area (Å²) in [6.07, 6.45) is 7.84. The van der Waals surface area contributed by atoms with E-state index in [0.29, 0.717) is 5.92 Å². The Balaban J connectivity index is 1.56. The fourth-order valence-electron chi connectivity index (χ4n) is 4.15. The van der Waals surface area contributed by atoms with E-state index in [4.69, 9.17) is 9.72 Å². The van der Waals surface area contributed by atoms with Gasteiger partial charge in [-0.2, -0.15) is 0 Å². The van der Waals surface area contributed by atoms with Gasteiger partial charge in [-0.1, -0.05) is 20.8 Å². The van der Waals surface area contributed by atoms with E-state index in [-0.39, 0.29) is 11.5 Å². The first-order chi connectivity index (χ1) is 14.8. The van der Waals surface area contributed by atoms with Crippen molar-refractivity contribution in [3.63, 3.8) is 0 Å². The van der Waals surface area contributed by atoms with Crippen molar-refractivity contribution in [2.45, 2.75) is 64.9 Å². The molecule has 0 saturated carbocycles. The number of aromatic nitrogens is 4. The lowest BCUT2D eigenvalue weighted by Gasteiger charge is -2.31. The fourth-order valence-corrected chi connectivity index (χ4v) is 4.15. The van der Waals surface area contributed by atoms with Crippen LogP contribution >= 0.6 is 0 Å². The van der Waals surface area contributed by atoms with Crippen LogP contribution < -0.4 is 9.64 Å². The Bertz CT molecular complexity index is 999. The van der Waals surface area contributed by atoms with Gasteiger partial charge in [-0.25, -0.2) is 15.0 Å². The molecule has 0 unspecified atom stereocenters. The third-order valence-electron chi connectivity index (χ3n) is 5.77. The van der Waals surface area contributed by atoms with Crippen LogP contribution in [0.25, 0.3) is 11.3 Å². The molecule has 0 atom stereocenters. The zero-order chi connectivity index (χ0) is 22.0. The summed E-state index contributed by atoms with van der Waals surface area (Å²) in [5.41, 5.74) is 3.21. The van der Waals surface area contributed by atoms with Gasteiger partial charge in [0, 0.05) is 48.7 Å². The average Bonchev–Trinajstić information content (AvgIpc) is 3.28. The molecule has 0 amide bonds. The summed E-state index contributed by atoms with van der Waals surface area (Å²) in [5.74, 6) is 3.32. The van der Waals surface area contributed by atoms with Crippen molar-refractivity contribution in [2.75, 3.05) is 18.0 Å². The molecule has 164 valence electrons. The summed E-state index contributed by atoms with van der Waals surface area (Å²) in [6, 6.07) is 8.38. The van der Waals surface area contributed by atoms with Crippen LogP contribution in [0.15, 0.2) is 42.9 Å². The van der Waals surface area contributed by atoms with Gasteiger partial charge in [-0.15, -0.1) is 0 Å². The lowest BCUT2D eigenvalue weighted by molar-refractivity contribution is 0.236. The first-order valence-corrected chi connectivity index (χ1v) is 11.2. The van der Waals surface area contributed by atoms with Gasteiger partial charge in [-0.3, -0.25) is 0 Å². The topological polar surface area (TPSA) is 66.9 Å². The van der Waals surface area contributed by atoms with Crippen molar-refractivity contribution in [3.8, 4) is 17.0 Å². The molecule has 0 radical (unpaired) electrons. The Morgan fingerprint density at radius 3 is 2.48 bits per heavy atom. The molecule has 0 spiro atoms. The predicted molar refractivity (Wildman–Crippen MR) is 125 cm³/mol. The van der Waals surface area contributed by atoms with Crippen molar-refractivity contribution in [2.24, 2.45) is 0 Å². The first-order valence-electron chi connectivity index (χ1n) is 11.2. The Kier molecular flexibility index (Phi) is 5.99. The molecule has 0 bridgehead atoms. The third kappa shape index (κ3) is 4.89. The lowest BCUT2D eigenvalue weighted by Crippen LogP contribution is -2.34. The minimum Gasteiger partial charge on any atom is -0.491 e. The maximum Gasteiger partial charge on any atom is 0.225 e. The maximum atomic E-state index is 6.07. The summed E-state index contributed by atoms with van der Waals surface area (Å²) >= 11 is 0. The average molecular weight is 420 g/mol. The van der Waals surface area contributed by atoms with Crippen molar-refractivity contribution < 1.29 is 4.74 Å². The highest BCUT2D eigenvalue weighted by Crippen LogP contribution is 2.35. The van der Waals surface area contributed by atoms with Gasteiger partial charge in [0.1, 0.15) is 11.6 Å². The van der Waals surface area contributed by atoms with Crippen molar-refractivity contribution in [1.82, 2.24) is 19.9 Å². The summed E-state index contributed by atoms with van der Waals surface area (Å²) in [5, 5.41) is 0. The molecule has 1 saturated heterocycles. The van der Waals surface area contributed by atoms with Gasteiger partial charge in [0.15, 0.2) is 0 Å². The summed E-state index contributed by atoms with van der Waals surface area (Å²) in [4.78, 5) is 19.5. The smallest absolute Gasteiger partial charge is 0.225 e. The zero-order valence-corrected chi connectivity index (χ0v) is 19.2. The van der Waals surface area contributed by atoms with Gasteiger partial charge in [0.25, 0.3) is 0 Å². The Labute approximate surface area is 185 Å². The number of nitrogens with one attached hydrogen (secondary N) is 1. The first kappa shape index (κ1) is 21.3. The number of imidazole rings is 1. The minimum absolute atomic E-state index is 0.0240. The normalized spacial score (nSPS) is 15.5. The van der Waals surface area contributed by atoms with Crippen LogP contribution in [0, 0.1) is 0 Å². The summed E-state index contributed by atoms with van der Waals surface area (Å²) in [7, 11) is 0. The summed E-state index contributed by atoms with van der Waals surface area (Å²) < 4.78 is 6.07. The van der Waals surface area contributed by atoms with E-state index in [2.05, 4.69) is 72.7 Å². The second-order valence-electron chi connectivity index (χ2n) is 9.61. The van der Waals surface area contributed by atoms with Crippen molar-refractivity contribution in [3.05, 3.63) is 54.2 Å². The van der Waals surface area contributed by atoms with Crippen LogP contribution in [-0.2, 0) is 5.41 Å². The predicted octanol–water partition coefficient (Wildman–Crippen LogP) is 5.34. The van der Waals surface area contributed by atoms with Gasteiger partial charge >= 0.3 is 0 Å². The SMILES string of the molecule is CC(C)Oc1ccc(-c2ccnc(N3CCC(c4ncc[nH]4)CC3)n2)cc1C(C)(C)C. The van der Waals surface area contributed by atoms with E-state index >= 15 is 0 Å². The number of anilines is 1. The molecule has 1 aliphatic rings. The second-order valence-corrected chi connectivity index (χ2v) is 9.61. The second kappa shape index (κ2) is 8.69. The minimum atomic E-state index is -0.0240. The van der Waals surface area contributed by atoms with Crippen LogP contribution in [0.5, 0.6) is 5.75 Å². The highest BCUT2D eigenvalue weighted by atomic mass is 16.5. The van der Waals surface area contributed by atoms with Crippen LogP contribution in [0.3, 0.4) is 0 Å². The molecular formula is C25H33N5O. The number of H-pyrrole nitrogens is 1. The number of nitrogens with zero attached hydrogens (tertiary/aromatic N) is 4. The molecule has 6 heteroatoms. The highest BCUT2D eigenvalue weighted by molar-refractivity contribution is 5.64. The number of hydrogen-bond acceptors (Lipinski definition) is 5. The molecule has 1 N–H and O–H groups in total. The summed E-state index contributed by atoms with van der Waals surface area (Å²) in [6.45, 7) is 12.6. The van der Waals surface area contributed by atoms with Crippen molar-refractivity contribution in [1.29, 1.82) is 0 Å². The number of benzene rings is 1. The molecular weight excluding hydrogens is 386 g/mol. The largest absolute Gasteiger partial charge is 0.491 e. The Morgan fingerprint density at radius 1 is 1.06 bits per heavy atom. The number of rotatable bonds is 5. The van der Waals surface area contributed by atoms with Crippen LogP contribution in [0.4, 0.5) is 5.95 Å². The van der Waals surface area contributed by atoms with Crippen LogP contribution in [-0.4, -0.2) is 39.1 Å². The maximum absolute atomic E-state index is 6.07. The molecule has 2 aromatic heterocycles. The lowest BCUT2D eigenvalue weighted by atomic mass is 9.85. The molecule has 1 fully saturated rings. The number of piperidine rings is 1. The number of aromatic amines is 1. The third-order valence-corrected chi connectivity index (χ3v) is 5.77. The Hall–Kier alpha value is -2.89. The van der Waals surface area contributed by atoms with E-state index in [1.165, 1.54) is 5.56 Å². The molecule has 6 nitrogen and oxygen atoms in total. The Morgan fingerprint density at radius 2 is 1.84 bits per heavy atom. The van der Waals surface area contributed by atoms with E-state index in [0.717, 1.165) is 54.7 Å². The van der Waals surface area contributed by atoms with E-state index in [9.17, 15) is 0 Å². The molecule has 31 heavy (non-hydrogen) atoms. The van der Waals surface area contributed by atoms with Gasteiger partial charge in [-0.05, 0) is 56.4 Å². The van der Waals surface area contributed by atoms with Crippen LogP contribution in [0.1, 0.15) is 64.8 Å². The fraction of sp³-hybridized carbons (Fsp3) is 0.480. The molecule has 3 aromatic rings. The van der Waals surface area contributed by atoms with E-state index < -0.39 is 0 Å². The standard InChI is InChI=1S/C25H33N5O/c1-17(2)31-22-7-6-19(16-20(22)25(3,4)5)21-8-11-28-24(29-21)30-14-9-18(10-15-30)23-26-12-13-27-23/h6-8,11-13,16-18H,9-10,14-15H2,1-5H3,(H,26,27). The van der Waals surface area contributed by atoms with Gasteiger partial charge in [0.2, 0.25) is 5.95 Å². The molecule has 0 aliphatic carbocycles. The van der Waals surface area contributed by atoms with E-state index in [1.807, 2.05) is 24.7 Å². The van der Waals surface area contributed by atoms with Crippen LogP contribution in [0.2, 0.25) is 0 Å². The van der Waals surface area contributed by atoms with Crippen molar-refractivity contribution >= 4 is 5.95 Å². The van der Waals surface area contributed by atoms with Gasteiger partial charge < -0.3 is 14.6 Å². The highest BCUT2D eigenvalue weighted by Gasteiger charge is 2.24. The monoisotopic (exact) mass is 419 g/mol.